The van der Waals surface area contributed by atoms with Crippen LogP contribution in [0.2, 0.25) is 0 Å². The number of anilines is 3. The molecule has 6 rings (SSSR count). The van der Waals surface area contributed by atoms with E-state index in [0.717, 1.165) is 17.1 Å². The molecule has 0 spiro atoms. The molecule has 0 aliphatic rings. The zero-order valence-corrected chi connectivity index (χ0v) is 17.0. The molecule has 0 amide bonds. The fourth-order valence-corrected chi connectivity index (χ4v) is 4.86. The molecule has 0 saturated carbocycles. The highest BCUT2D eigenvalue weighted by Gasteiger charge is 2.20. The minimum Gasteiger partial charge on any atom is -0.397 e. The maximum absolute atomic E-state index is 6.31. The highest BCUT2D eigenvalue weighted by atomic mass is 15.0. The van der Waals surface area contributed by atoms with Crippen LogP contribution >= 0.6 is 0 Å². The smallest absolute Gasteiger partial charge is 0.0880 e. The second kappa shape index (κ2) is 6.04. The highest BCUT2D eigenvalue weighted by Crippen LogP contribution is 2.43. The van der Waals surface area contributed by atoms with Crippen molar-refractivity contribution in [3.05, 3.63) is 78.9 Å². The largest absolute Gasteiger partial charge is 0.397 e. The first-order valence-corrected chi connectivity index (χ1v) is 10.1. The van der Waals surface area contributed by atoms with Gasteiger partial charge in [0.1, 0.15) is 0 Å². The summed E-state index contributed by atoms with van der Waals surface area (Å²) in [6.07, 6.45) is 0. The number of aryl methyl sites for hydroxylation is 2. The van der Waals surface area contributed by atoms with Gasteiger partial charge in [0.25, 0.3) is 0 Å². The topological polar surface area (TPSA) is 47.9 Å². The Hall–Kier alpha value is -3.92. The molecule has 30 heavy (non-hydrogen) atoms. The number of benzene rings is 4. The Labute approximate surface area is 174 Å². The summed E-state index contributed by atoms with van der Waals surface area (Å²) in [7, 11) is 4.28. The molecule has 0 fully saturated rings. The van der Waals surface area contributed by atoms with Gasteiger partial charge in [-0.2, -0.15) is 0 Å². The van der Waals surface area contributed by atoms with Crippen LogP contribution < -0.4 is 11.1 Å². The monoisotopic (exact) mass is 390 g/mol. The molecule has 2 aromatic heterocycles. The summed E-state index contributed by atoms with van der Waals surface area (Å²) in [5.74, 6) is 0. The van der Waals surface area contributed by atoms with Gasteiger partial charge in [-0.3, -0.25) is 0 Å². The molecular formula is C26H22N4. The molecule has 0 saturated heterocycles. The number of hydrogen-bond acceptors (Lipinski definition) is 2. The van der Waals surface area contributed by atoms with E-state index in [1.807, 2.05) is 24.3 Å². The lowest BCUT2D eigenvalue weighted by molar-refractivity contribution is 1.00. The molecule has 146 valence electrons. The number of hydrogen-bond donors (Lipinski definition) is 2. The Morgan fingerprint density at radius 1 is 0.633 bits per heavy atom. The molecule has 3 N–H and O–H groups in total. The van der Waals surface area contributed by atoms with Crippen LogP contribution in [-0.2, 0) is 14.1 Å². The minimum atomic E-state index is 0.736. The van der Waals surface area contributed by atoms with Gasteiger partial charge in [0.2, 0.25) is 0 Å². The lowest BCUT2D eigenvalue weighted by Crippen LogP contribution is -2.01. The number of aromatic nitrogens is 2. The van der Waals surface area contributed by atoms with Crippen molar-refractivity contribution in [2.45, 2.75) is 0 Å². The van der Waals surface area contributed by atoms with Gasteiger partial charge < -0.3 is 20.2 Å². The van der Waals surface area contributed by atoms with Crippen molar-refractivity contribution in [2.75, 3.05) is 11.1 Å². The summed E-state index contributed by atoms with van der Waals surface area (Å²) in [6.45, 7) is 0. The number of rotatable bonds is 2. The summed E-state index contributed by atoms with van der Waals surface area (Å²) in [4.78, 5) is 0. The molecule has 2 heterocycles. The van der Waals surface area contributed by atoms with Gasteiger partial charge in [0, 0.05) is 46.7 Å². The molecule has 0 aliphatic heterocycles. The van der Waals surface area contributed by atoms with E-state index in [1.54, 1.807) is 0 Å². The lowest BCUT2D eigenvalue weighted by Gasteiger charge is -2.15. The first kappa shape index (κ1) is 17.0. The number of nitrogens with zero attached hydrogens (tertiary/aromatic N) is 2. The fraction of sp³-hybridized carbons (Fsp3) is 0.0769. The third kappa shape index (κ3) is 2.16. The molecule has 4 aromatic carbocycles. The molecule has 0 unspecified atom stereocenters. The van der Waals surface area contributed by atoms with E-state index in [0.29, 0.717) is 0 Å². The summed E-state index contributed by atoms with van der Waals surface area (Å²) in [5, 5.41) is 8.70. The zero-order valence-electron chi connectivity index (χ0n) is 17.0. The first-order valence-electron chi connectivity index (χ1n) is 10.1. The Kier molecular flexibility index (Phi) is 3.42. The molecular weight excluding hydrogens is 368 g/mol. The Balaban J connectivity index is 1.85. The van der Waals surface area contributed by atoms with E-state index in [9.17, 15) is 0 Å². The molecule has 4 nitrogen and oxygen atoms in total. The van der Waals surface area contributed by atoms with Gasteiger partial charge in [0.15, 0.2) is 0 Å². The van der Waals surface area contributed by atoms with Crippen molar-refractivity contribution < 1.29 is 0 Å². The van der Waals surface area contributed by atoms with Gasteiger partial charge in [-0.25, -0.2) is 0 Å². The lowest BCUT2D eigenvalue weighted by atomic mass is 10.1. The normalized spacial score (nSPS) is 11.8. The maximum Gasteiger partial charge on any atom is 0.0880 e. The van der Waals surface area contributed by atoms with Gasteiger partial charge in [-0.15, -0.1) is 0 Å². The number of nitrogens with two attached hydrogens (primary N) is 1. The van der Waals surface area contributed by atoms with Gasteiger partial charge >= 0.3 is 0 Å². The van der Waals surface area contributed by atoms with E-state index in [-0.39, 0.29) is 0 Å². The average Bonchev–Trinajstić information content (AvgIpc) is 3.23. The summed E-state index contributed by atoms with van der Waals surface area (Å²) >= 11 is 0. The van der Waals surface area contributed by atoms with Gasteiger partial charge in [0.05, 0.1) is 28.1 Å². The summed E-state index contributed by atoms with van der Waals surface area (Å²) in [6, 6.07) is 27.5. The highest BCUT2D eigenvalue weighted by molar-refractivity contribution is 6.24. The molecule has 4 heteroatoms. The van der Waals surface area contributed by atoms with Crippen LogP contribution in [0, 0.1) is 0 Å². The Morgan fingerprint density at radius 2 is 1.13 bits per heavy atom. The second-order valence-corrected chi connectivity index (χ2v) is 7.91. The van der Waals surface area contributed by atoms with Gasteiger partial charge in [-0.05, 0) is 30.3 Å². The third-order valence-electron chi connectivity index (χ3n) is 6.27. The summed E-state index contributed by atoms with van der Waals surface area (Å²) < 4.78 is 4.56. The number of fused-ring (bicyclic) bond motifs is 6. The molecule has 0 aliphatic carbocycles. The predicted molar refractivity (Wildman–Crippen MR) is 129 cm³/mol. The van der Waals surface area contributed by atoms with Crippen LogP contribution in [0.5, 0.6) is 0 Å². The van der Waals surface area contributed by atoms with E-state index in [1.165, 1.54) is 43.6 Å². The zero-order chi connectivity index (χ0) is 20.4. The van der Waals surface area contributed by atoms with Crippen molar-refractivity contribution in [2.24, 2.45) is 14.1 Å². The first-order chi connectivity index (χ1) is 14.6. The second-order valence-electron chi connectivity index (χ2n) is 7.91. The summed E-state index contributed by atoms with van der Waals surface area (Å²) in [5.41, 5.74) is 13.8. The quantitative estimate of drug-likeness (QED) is 0.341. The molecule has 0 radical (unpaired) electrons. The van der Waals surface area contributed by atoms with E-state index in [4.69, 9.17) is 5.73 Å². The number of para-hydroxylation sites is 4. The van der Waals surface area contributed by atoms with Crippen LogP contribution in [0.4, 0.5) is 17.1 Å². The van der Waals surface area contributed by atoms with Crippen molar-refractivity contribution in [3.8, 4) is 0 Å². The van der Waals surface area contributed by atoms with Crippen LogP contribution in [0.25, 0.3) is 43.6 Å². The Morgan fingerprint density at radius 3 is 1.70 bits per heavy atom. The fourth-order valence-electron chi connectivity index (χ4n) is 4.86. The van der Waals surface area contributed by atoms with Crippen LogP contribution in [0.1, 0.15) is 0 Å². The Bertz CT molecular complexity index is 1510. The predicted octanol–water partition coefficient (Wildman–Crippen LogP) is 6.30. The van der Waals surface area contributed by atoms with Crippen LogP contribution in [0.3, 0.4) is 0 Å². The molecule has 0 atom stereocenters. The average molecular weight is 390 g/mol. The molecule has 6 aromatic rings. The number of nitrogens with one attached hydrogen (secondary N) is 1. The standard InChI is InChI=1S/C26H22N4/c1-29-22-13-7-3-9-16(22)18-15-19-17-10-4-8-14-23(17)30(2)26(19)24(25(18)29)28-21-12-6-5-11-20(21)27/h3-15,28H,27H2,1-2H3. The minimum absolute atomic E-state index is 0.736. The third-order valence-corrected chi connectivity index (χ3v) is 6.27. The van der Waals surface area contributed by atoms with Crippen LogP contribution in [-0.4, -0.2) is 9.13 Å². The van der Waals surface area contributed by atoms with E-state index in [2.05, 4.69) is 83.1 Å². The van der Waals surface area contributed by atoms with Crippen LogP contribution in [0.15, 0.2) is 78.9 Å². The van der Waals surface area contributed by atoms with Crippen molar-refractivity contribution >= 4 is 60.7 Å². The number of nitrogen functional groups attached to an aromatic ring is 1. The molecule has 0 bridgehead atoms. The van der Waals surface area contributed by atoms with Crippen molar-refractivity contribution in [1.82, 2.24) is 9.13 Å². The van der Waals surface area contributed by atoms with E-state index < -0.39 is 0 Å². The van der Waals surface area contributed by atoms with Crippen molar-refractivity contribution in [1.29, 1.82) is 0 Å². The van der Waals surface area contributed by atoms with Crippen molar-refractivity contribution in [3.63, 3.8) is 0 Å². The SMILES string of the molecule is Cn1c2ccccc2c2cc3c4ccccc4n(C)c3c(Nc3ccccc3N)c21. The van der Waals surface area contributed by atoms with E-state index >= 15 is 0 Å². The maximum atomic E-state index is 6.31. The van der Waals surface area contributed by atoms with Gasteiger partial charge in [-0.1, -0.05) is 48.5 Å².